The van der Waals surface area contributed by atoms with Crippen molar-refractivity contribution in [3.05, 3.63) is 17.7 Å². The van der Waals surface area contributed by atoms with Crippen LogP contribution in [0.1, 0.15) is 23.7 Å². The molecule has 90 valence electrons. The van der Waals surface area contributed by atoms with Crippen LogP contribution in [0.2, 0.25) is 0 Å². The fourth-order valence-corrected chi connectivity index (χ4v) is 1.79. The number of hydrogen-bond donors (Lipinski definition) is 1. The third kappa shape index (κ3) is 1.95. The van der Waals surface area contributed by atoms with E-state index >= 15 is 0 Å². The molecule has 0 bridgehead atoms. The topological polar surface area (TPSA) is 72.6 Å². The fourth-order valence-electron chi connectivity index (χ4n) is 1.79. The number of hydrogen-bond acceptors (Lipinski definition) is 4. The Kier molecular flexibility index (Phi) is 2.75. The molecule has 17 heavy (non-hydrogen) atoms. The molecular weight excluding hydrogens is 220 g/mol. The van der Waals surface area contributed by atoms with Crippen LogP contribution < -0.4 is 15.4 Å². The van der Waals surface area contributed by atoms with Crippen molar-refractivity contribution < 1.29 is 14.3 Å². The quantitative estimate of drug-likeness (QED) is 0.585. The second-order valence-electron chi connectivity index (χ2n) is 4.02. The predicted molar refractivity (Wildman–Crippen MR) is 64.4 cm³/mol. The zero-order valence-corrected chi connectivity index (χ0v) is 9.82. The first-order chi connectivity index (χ1) is 8.00. The van der Waals surface area contributed by atoms with E-state index in [-0.39, 0.29) is 11.7 Å². The minimum Gasteiger partial charge on any atom is -0.489 e. The molecule has 1 aromatic rings. The summed E-state index contributed by atoms with van der Waals surface area (Å²) < 4.78 is 5.46. The second kappa shape index (κ2) is 4.08. The molecule has 1 aromatic carbocycles. The summed E-state index contributed by atoms with van der Waals surface area (Å²) >= 11 is 0. The molecule has 0 unspecified atom stereocenters. The summed E-state index contributed by atoms with van der Waals surface area (Å²) in [6.07, 6.45) is 0.306. The Bertz CT molecular complexity index is 497. The Balaban J connectivity index is 2.60. The third-order valence-electron chi connectivity index (χ3n) is 2.80. The summed E-state index contributed by atoms with van der Waals surface area (Å²) in [7, 11) is 1.65. The zero-order valence-electron chi connectivity index (χ0n) is 9.82. The van der Waals surface area contributed by atoms with Crippen LogP contribution in [0, 0.1) is 0 Å². The van der Waals surface area contributed by atoms with Gasteiger partial charge in [-0.1, -0.05) is 0 Å². The monoisotopic (exact) mass is 234 g/mol. The van der Waals surface area contributed by atoms with Crippen LogP contribution in [-0.2, 0) is 4.79 Å². The number of amides is 1. The largest absolute Gasteiger partial charge is 0.489 e. The molecule has 1 amide bonds. The maximum absolute atomic E-state index is 11.7. The molecule has 2 N–H and O–H groups in total. The Hall–Kier alpha value is -2.04. The Labute approximate surface area is 99.2 Å². The molecule has 1 aliphatic rings. The first-order valence-electron chi connectivity index (χ1n) is 5.34. The minimum absolute atomic E-state index is 0.0520. The van der Waals surface area contributed by atoms with Gasteiger partial charge in [0.25, 0.3) is 0 Å². The van der Waals surface area contributed by atoms with E-state index in [1.165, 1.54) is 11.8 Å². The molecule has 0 radical (unpaired) electrons. The van der Waals surface area contributed by atoms with E-state index in [1.54, 1.807) is 19.2 Å². The highest BCUT2D eigenvalue weighted by atomic mass is 16.5. The molecule has 0 saturated heterocycles. The maximum atomic E-state index is 11.7. The molecule has 5 heteroatoms. The van der Waals surface area contributed by atoms with E-state index in [9.17, 15) is 9.59 Å². The first-order valence-corrected chi connectivity index (χ1v) is 5.34. The minimum atomic E-state index is -0.0930. The molecule has 0 atom stereocenters. The van der Waals surface area contributed by atoms with Crippen LogP contribution in [0.5, 0.6) is 5.75 Å². The predicted octanol–water partition coefficient (Wildman–Crippen LogP) is 1.22. The van der Waals surface area contributed by atoms with Crippen LogP contribution in [0.3, 0.4) is 0 Å². The number of rotatable bonds is 1. The van der Waals surface area contributed by atoms with Gasteiger partial charge in [0.1, 0.15) is 0 Å². The molecule has 1 aliphatic heterocycles. The first kappa shape index (κ1) is 11.4. The van der Waals surface area contributed by atoms with Gasteiger partial charge in [-0.05, 0) is 19.1 Å². The van der Waals surface area contributed by atoms with E-state index in [4.69, 9.17) is 10.5 Å². The highest BCUT2D eigenvalue weighted by Crippen LogP contribution is 2.37. The lowest BCUT2D eigenvalue weighted by atomic mass is 10.1. The van der Waals surface area contributed by atoms with Gasteiger partial charge in [-0.2, -0.15) is 0 Å². The lowest BCUT2D eigenvalue weighted by molar-refractivity contribution is -0.118. The van der Waals surface area contributed by atoms with Gasteiger partial charge in [0.2, 0.25) is 5.91 Å². The van der Waals surface area contributed by atoms with Crippen molar-refractivity contribution in [2.45, 2.75) is 13.3 Å². The number of anilines is 2. The van der Waals surface area contributed by atoms with Crippen LogP contribution in [0.4, 0.5) is 11.4 Å². The van der Waals surface area contributed by atoms with Crippen molar-refractivity contribution in [1.82, 2.24) is 0 Å². The SMILES string of the molecule is CC(=O)c1cc(N)c2c(c1)N(C)C(=O)CCO2. The second-order valence-corrected chi connectivity index (χ2v) is 4.02. The van der Waals surface area contributed by atoms with E-state index in [0.717, 1.165) is 0 Å². The number of carbonyl (C=O) groups is 2. The van der Waals surface area contributed by atoms with Gasteiger partial charge >= 0.3 is 0 Å². The number of fused-ring (bicyclic) bond motifs is 1. The van der Waals surface area contributed by atoms with Crippen LogP contribution in [0.25, 0.3) is 0 Å². The Morgan fingerprint density at radius 3 is 2.82 bits per heavy atom. The van der Waals surface area contributed by atoms with E-state index in [2.05, 4.69) is 0 Å². The van der Waals surface area contributed by atoms with Crippen molar-refractivity contribution in [3.63, 3.8) is 0 Å². The highest BCUT2D eigenvalue weighted by Gasteiger charge is 2.23. The lowest BCUT2D eigenvalue weighted by Gasteiger charge is -2.18. The molecule has 0 spiro atoms. The summed E-state index contributed by atoms with van der Waals surface area (Å²) in [6, 6.07) is 3.21. The van der Waals surface area contributed by atoms with Crippen molar-refractivity contribution in [1.29, 1.82) is 0 Å². The lowest BCUT2D eigenvalue weighted by Crippen LogP contribution is -2.25. The highest BCUT2D eigenvalue weighted by molar-refractivity contribution is 6.01. The number of nitrogens with zero attached hydrogens (tertiary/aromatic N) is 1. The van der Waals surface area contributed by atoms with E-state index in [0.29, 0.717) is 35.7 Å². The molecule has 2 rings (SSSR count). The third-order valence-corrected chi connectivity index (χ3v) is 2.80. The van der Waals surface area contributed by atoms with Gasteiger partial charge in [0.05, 0.1) is 24.4 Å². The molecule has 0 saturated carbocycles. The van der Waals surface area contributed by atoms with Crippen molar-refractivity contribution >= 4 is 23.1 Å². The molecule has 0 aliphatic carbocycles. The maximum Gasteiger partial charge on any atom is 0.230 e. The van der Waals surface area contributed by atoms with Gasteiger partial charge in [0.15, 0.2) is 11.5 Å². The van der Waals surface area contributed by atoms with Gasteiger partial charge < -0.3 is 15.4 Å². The van der Waals surface area contributed by atoms with Crippen molar-refractivity contribution in [2.75, 3.05) is 24.3 Å². The van der Waals surface area contributed by atoms with E-state index < -0.39 is 0 Å². The van der Waals surface area contributed by atoms with E-state index in [1.807, 2.05) is 0 Å². The molecule has 0 fully saturated rings. The molecule has 1 heterocycles. The van der Waals surface area contributed by atoms with Gasteiger partial charge in [-0.3, -0.25) is 9.59 Å². The van der Waals surface area contributed by atoms with Crippen LogP contribution in [0.15, 0.2) is 12.1 Å². The average Bonchev–Trinajstić information content (AvgIpc) is 2.41. The summed E-state index contributed by atoms with van der Waals surface area (Å²) in [5.41, 5.74) is 7.26. The molecule has 0 aromatic heterocycles. The van der Waals surface area contributed by atoms with Crippen molar-refractivity contribution in [3.8, 4) is 5.75 Å². The Morgan fingerprint density at radius 1 is 1.47 bits per heavy atom. The summed E-state index contributed by atoms with van der Waals surface area (Å²) in [4.78, 5) is 24.5. The Morgan fingerprint density at radius 2 is 2.18 bits per heavy atom. The standard InChI is InChI=1S/C12H14N2O3/c1-7(15)8-5-9(13)12-10(6-8)14(2)11(16)3-4-17-12/h5-6H,3-4,13H2,1-2H3. The number of nitrogens with two attached hydrogens (primary N) is 1. The van der Waals surface area contributed by atoms with Crippen LogP contribution >= 0.6 is 0 Å². The smallest absolute Gasteiger partial charge is 0.230 e. The number of nitrogen functional groups attached to an aromatic ring is 1. The number of Topliss-reactive ketones (excluding diaryl/α,β-unsaturated/α-hetero) is 1. The summed E-state index contributed by atoms with van der Waals surface area (Å²) in [5.74, 6) is 0.330. The number of ether oxygens (including phenoxy) is 1. The van der Waals surface area contributed by atoms with Crippen LogP contribution in [-0.4, -0.2) is 25.3 Å². The average molecular weight is 234 g/mol. The molecular formula is C12H14N2O3. The zero-order chi connectivity index (χ0) is 12.6. The summed E-state index contributed by atoms with van der Waals surface area (Å²) in [6.45, 7) is 1.76. The number of ketones is 1. The van der Waals surface area contributed by atoms with Gasteiger partial charge in [-0.15, -0.1) is 0 Å². The van der Waals surface area contributed by atoms with Gasteiger partial charge in [-0.25, -0.2) is 0 Å². The summed E-state index contributed by atoms with van der Waals surface area (Å²) in [5, 5.41) is 0. The normalized spacial score (nSPS) is 14.9. The molecule has 5 nitrogen and oxygen atoms in total. The number of carbonyl (C=O) groups excluding carboxylic acids is 2. The van der Waals surface area contributed by atoms with Gasteiger partial charge in [0, 0.05) is 12.6 Å². The number of benzene rings is 1. The fraction of sp³-hybridized carbons (Fsp3) is 0.333. The van der Waals surface area contributed by atoms with Crippen molar-refractivity contribution in [2.24, 2.45) is 0 Å².